The van der Waals surface area contributed by atoms with Crippen LogP contribution >= 0.6 is 11.8 Å². The smallest absolute Gasteiger partial charge is 0.269 e. The van der Waals surface area contributed by atoms with Crippen molar-refractivity contribution in [2.45, 2.75) is 32.1 Å². The Bertz CT molecular complexity index is 718. The van der Waals surface area contributed by atoms with Crippen LogP contribution in [0.1, 0.15) is 37.4 Å². The summed E-state index contributed by atoms with van der Waals surface area (Å²) in [5, 5.41) is 13.8. The summed E-state index contributed by atoms with van der Waals surface area (Å²) in [6.07, 6.45) is 0.892. The van der Waals surface area contributed by atoms with Crippen LogP contribution in [0.15, 0.2) is 54.6 Å². The average molecular weight is 372 g/mol. The number of nitrogens with one attached hydrogen (secondary N) is 1. The molecule has 0 radical (unpaired) electrons. The summed E-state index contributed by atoms with van der Waals surface area (Å²) in [6.45, 7) is 4.29. The quantitative estimate of drug-likeness (QED) is 0.510. The van der Waals surface area contributed by atoms with Crippen LogP contribution in [0.2, 0.25) is 0 Å². The lowest BCUT2D eigenvalue weighted by atomic mass is 9.97. The number of nitrogens with zero attached hydrogens (tertiary/aromatic N) is 1. The zero-order valence-electron chi connectivity index (χ0n) is 15.1. The summed E-state index contributed by atoms with van der Waals surface area (Å²) >= 11 is 1.50. The van der Waals surface area contributed by atoms with Crippen LogP contribution in [0.4, 0.5) is 5.69 Å². The van der Waals surface area contributed by atoms with E-state index in [0.29, 0.717) is 17.4 Å². The molecule has 0 heterocycles. The predicted molar refractivity (Wildman–Crippen MR) is 106 cm³/mol. The number of hydrogen-bond acceptors (Lipinski definition) is 4. The number of carbonyl (C=O) groups excluding carboxylic acids is 1. The zero-order chi connectivity index (χ0) is 18.9. The molecule has 6 heteroatoms. The first-order valence-electron chi connectivity index (χ1n) is 8.61. The lowest BCUT2D eigenvalue weighted by molar-refractivity contribution is -0.384. The largest absolute Gasteiger partial charge is 0.349 e. The van der Waals surface area contributed by atoms with Gasteiger partial charge in [0.25, 0.3) is 5.69 Å². The third-order valence-corrected chi connectivity index (χ3v) is 4.90. The number of nitro benzene ring substituents is 1. The molecule has 1 unspecified atom stereocenters. The predicted octanol–water partition coefficient (Wildman–Crippen LogP) is 4.73. The molecule has 0 fully saturated rings. The molecule has 0 saturated carbocycles. The molecule has 2 aromatic rings. The van der Waals surface area contributed by atoms with Gasteiger partial charge in [0.2, 0.25) is 5.91 Å². The second-order valence-corrected chi connectivity index (χ2v) is 7.56. The number of amides is 1. The molecule has 26 heavy (non-hydrogen) atoms. The molecular formula is C20H24N2O3S. The third kappa shape index (κ3) is 6.52. The lowest BCUT2D eigenvalue weighted by Crippen LogP contribution is -2.30. The first-order chi connectivity index (χ1) is 12.5. The van der Waals surface area contributed by atoms with E-state index >= 15 is 0 Å². The van der Waals surface area contributed by atoms with Gasteiger partial charge in [-0.15, -0.1) is 11.8 Å². The second-order valence-electron chi connectivity index (χ2n) is 6.58. The van der Waals surface area contributed by atoms with Gasteiger partial charge in [-0.05, 0) is 23.5 Å². The molecule has 1 amide bonds. The fourth-order valence-electron chi connectivity index (χ4n) is 2.65. The maximum Gasteiger partial charge on any atom is 0.269 e. The monoisotopic (exact) mass is 372 g/mol. The molecular weight excluding hydrogens is 348 g/mol. The van der Waals surface area contributed by atoms with Gasteiger partial charge in [-0.2, -0.15) is 0 Å². The van der Waals surface area contributed by atoms with Gasteiger partial charge in [0.15, 0.2) is 0 Å². The fourth-order valence-corrected chi connectivity index (χ4v) is 3.45. The molecule has 0 aliphatic rings. The Labute approximate surface area is 158 Å². The molecule has 2 rings (SSSR count). The number of rotatable bonds is 9. The van der Waals surface area contributed by atoms with E-state index in [1.54, 1.807) is 12.1 Å². The molecule has 0 aromatic heterocycles. The highest BCUT2D eigenvalue weighted by Crippen LogP contribution is 2.22. The number of non-ortho nitro benzene ring substituents is 1. The molecule has 0 bridgehead atoms. The van der Waals surface area contributed by atoms with Crippen molar-refractivity contribution in [3.8, 4) is 0 Å². The summed E-state index contributed by atoms with van der Waals surface area (Å²) in [4.78, 5) is 22.6. The van der Waals surface area contributed by atoms with Gasteiger partial charge in [0, 0.05) is 17.9 Å². The Morgan fingerprint density at radius 3 is 2.35 bits per heavy atom. The minimum absolute atomic E-state index is 0.00594. The van der Waals surface area contributed by atoms with Gasteiger partial charge < -0.3 is 5.32 Å². The standard InChI is InChI=1S/C20H24N2O3S/c1-15(2)12-19(17-6-4-3-5-7-17)21-20(23)14-26-13-16-8-10-18(11-9-16)22(24)25/h3-11,15,19H,12-14H2,1-2H3,(H,21,23). The molecule has 2 aromatic carbocycles. The van der Waals surface area contributed by atoms with Crippen molar-refractivity contribution in [1.29, 1.82) is 0 Å². The normalized spacial score (nSPS) is 12.0. The lowest BCUT2D eigenvalue weighted by Gasteiger charge is -2.21. The van der Waals surface area contributed by atoms with Gasteiger partial charge in [0.05, 0.1) is 16.7 Å². The Balaban J connectivity index is 1.85. The molecule has 5 nitrogen and oxygen atoms in total. The Kier molecular flexibility index (Phi) is 7.66. The van der Waals surface area contributed by atoms with Crippen molar-refractivity contribution >= 4 is 23.4 Å². The van der Waals surface area contributed by atoms with Crippen molar-refractivity contribution in [1.82, 2.24) is 5.32 Å². The summed E-state index contributed by atoms with van der Waals surface area (Å²) in [7, 11) is 0. The minimum atomic E-state index is -0.414. The van der Waals surface area contributed by atoms with Crippen LogP contribution in [0, 0.1) is 16.0 Å². The van der Waals surface area contributed by atoms with Crippen molar-refractivity contribution in [3.05, 3.63) is 75.8 Å². The first kappa shape index (κ1) is 20.0. The van der Waals surface area contributed by atoms with E-state index in [9.17, 15) is 14.9 Å². The van der Waals surface area contributed by atoms with E-state index < -0.39 is 4.92 Å². The SMILES string of the molecule is CC(C)CC(NC(=O)CSCc1ccc([N+](=O)[O-])cc1)c1ccccc1. The Morgan fingerprint density at radius 1 is 1.12 bits per heavy atom. The van der Waals surface area contributed by atoms with Crippen LogP contribution in [0.5, 0.6) is 0 Å². The molecule has 1 atom stereocenters. The van der Waals surface area contributed by atoms with Crippen LogP contribution in [0.3, 0.4) is 0 Å². The summed E-state index contributed by atoms with van der Waals surface area (Å²) in [6, 6.07) is 16.5. The second kappa shape index (κ2) is 9.97. The Morgan fingerprint density at radius 2 is 1.77 bits per heavy atom. The van der Waals surface area contributed by atoms with E-state index in [2.05, 4.69) is 19.2 Å². The third-order valence-electron chi connectivity index (χ3n) is 3.89. The molecule has 0 aliphatic carbocycles. The van der Waals surface area contributed by atoms with E-state index in [-0.39, 0.29) is 17.6 Å². The van der Waals surface area contributed by atoms with Gasteiger partial charge in [-0.25, -0.2) is 0 Å². The van der Waals surface area contributed by atoms with Crippen LogP contribution in [-0.4, -0.2) is 16.6 Å². The van der Waals surface area contributed by atoms with E-state index in [1.165, 1.54) is 23.9 Å². The number of thioether (sulfide) groups is 1. The highest BCUT2D eigenvalue weighted by atomic mass is 32.2. The van der Waals surface area contributed by atoms with Crippen molar-refractivity contribution in [3.63, 3.8) is 0 Å². The topological polar surface area (TPSA) is 72.2 Å². The molecule has 0 spiro atoms. The van der Waals surface area contributed by atoms with Crippen molar-refractivity contribution in [2.24, 2.45) is 5.92 Å². The first-order valence-corrected chi connectivity index (χ1v) is 9.76. The number of carbonyl (C=O) groups is 1. The van der Waals surface area contributed by atoms with Crippen LogP contribution in [0.25, 0.3) is 0 Å². The van der Waals surface area contributed by atoms with Gasteiger partial charge in [-0.1, -0.05) is 56.3 Å². The zero-order valence-corrected chi connectivity index (χ0v) is 15.9. The molecule has 138 valence electrons. The molecule has 0 saturated heterocycles. The Hall–Kier alpha value is -2.34. The van der Waals surface area contributed by atoms with Crippen LogP contribution in [-0.2, 0) is 10.5 Å². The van der Waals surface area contributed by atoms with Gasteiger partial charge in [0.1, 0.15) is 0 Å². The summed E-state index contributed by atoms with van der Waals surface area (Å²) in [5.74, 6) is 1.49. The minimum Gasteiger partial charge on any atom is -0.349 e. The highest BCUT2D eigenvalue weighted by Gasteiger charge is 2.16. The summed E-state index contributed by atoms with van der Waals surface area (Å²) < 4.78 is 0. The van der Waals surface area contributed by atoms with Crippen molar-refractivity contribution in [2.75, 3.05) is 5.75 Å². The van der Waals surface area contributed by atoms with Gasteiger partial charge >= 0.3 is 0 Å². The van der Waals surface area contributed by atoms with E-state index in [0.717, 1.165) is 17.5 Å². The number of hydrogen-bond donors (Lipinski definition) is 1. The molecule has 0 aliphatic heterocycles. The number of benzene rings is 2. The van der Waals surface area contributed by atoms with Crippen LogP contribution < -0.4 is 5.32 Å². The fraction of sp³-hybridized carbons (Fsp3) is 0.350. The maximum absolute atomic E-state index is 12.3. The number of nitro groups is 1. The maximum atomic E-state index is 12.3. The van der Waals surface area contributed by atoms with E-state index in [1.807, 2.05) is 30.3 Å². The van der Waals surface area contributed by atoms with Crippen molar-refractivity contribution < 1.29 is 9.72 Å². The van der Waals surface area contributed by atoms with Gasteiger partial charge in [-0.3, -0.25) is 14.9 Å². The van der Waals surface area contributed by atoms with E-state index in [4.69, 9.17) is 0 Å². The average Bonchev–Trinajstić information content (AvgIpc) is 2.62. The molecule has 1 N–H and O–H groups in total. The highest BCUT2D eigenvalue weighted by molar-refractivity contribution is 7.99. The summed E-state index contributed by atoms with van der Waals surface area (Å²) in [5.41, 5.74) is 2.17.